The second-order valence-corrected chi connectivity index (χ2v) is 7.51. The van der Waals surface area contributed by atoms with E-state index in [0.717, 1.165) is 62.2 Å². The highest BCUT2D eigenvalue weighted by atomic mass is 127. The fourth-order valence-electron chi connectivity index (χ4n) is 3.72. The van der Waals surface area contributed by atoms with Gasteiger partial charge in [-0.15, -0.1) is 24.0 Å². The molecule has 1 aliphatic heterocycles. The van der Waals surface area contributed by atoms with E-state index in [2.05, 4.69) is 39.5 Å². The lowest BCUT2D eigenvalue weighted by Gasteiger charge is -2.38. The van der Waals surface area contributed by atoms with E-state index in [-0.39, 0.29) is 29.9 Å². The van der Waals surface area contributed by atoms with Crippen LogP contribution in [0.4, 0.5) is 11.4 Å². The zero-order valence-electron chi connectivity index (χ0n) is 19.1. The summed E-state index contributed by atoms with van der Waals surface area (Å²) in [6, 6.07) is 16.1. The predicted molar refractivity (Wildman–Crippen MR) is 143 cm³/mol. The predicted octanol–water partition coefficient (Wildman–Crippen LogP) is 3.60. The van der Waals surface area contributed by atoms with Crippen molar-refractivity contribution in [3.8, 4) is 5.75 Å². The van der Waals surface area contributed by atoms with Crippen molar-refractivity contribution in [2.24, 2.45) is 4.99 Å². The molecule has 3 rings (SSSR count). The highest BCUT2D eigenvalue weighted by Gasteiger charge is 2.21. The quantitative estimate of drug-likeness (QED) is 0.313. The first kappa shape index (κ1) is 25.8. The van der Waals surface area contributed by atoms with Crippen LogP contribution in [-0.2, 0) is 11.2 Å². The molecule has 0 aromatic heterocycles. The first-order chi connectivity index (χ1) is 15.1. The van der Waals surface area contributed by atoms with Gasteiger partial charge in [0, 0.05) is 51.9 Å². The van der Waals surface area contributed by atoms with Crippen LogP contribution in [0.1, 0.15) is 19.4 Å². The summed E-state index contributed by atoms with van der Waals surface area (Å²) < 4.78 is 5.52. The lowest BCUT2D eigenvalue weighted by molar-refractivity contribution is -0.114. The topological polar surface area (TPSA) is 69.2 Å². The molecule has 2 aromatic rings. The van der Waals surface area contributed by atoms with Gasteiger partial charge in [0.1, 0.15) is 5.75 Å². The van der Waals surface area contributed by atoms with Crippen molar-refractivity contribution in [1.82, 2.24) is 10.2 Å². The first-order valence-electron chi connectivity index (χ1n) is 10.9. The van der Waals surface area contributed by atoms with Crippen LogP contribution in [0.5, 0.6) is 5.75 Å². The third-order valence-corrected chi connectivity index (χ3v) is 5.28. The number of carbonyl (C=O) groups is 1. The average Bonchev–Trinajstić information content (AvgIpc) is 2.79. The monoisotopic (exact) mass is 551 g/mol. The van der Waals surface area contributed by atoms with E-state index < -0.39 is 0 Å². The van der Waals surface area contributed by atoms with Gasteiger partial charge in [-0.2, -0.15) is 0 Å². The van der Waals surface area contributed by atoms with E-state index in [1.807, 2.05) is 36.4 Å². The number of guanidine groups is 1. The first-order valence-corrected chi connectivity index (χ1v) is 10.9. The number of carbonyl (C=O) groups excluding carboxylic acids is 1. The number of ether oxygens (including phenoxy) is 1. The molecule has 8 heteroatoms. The maximum absolute atomic E-state index is 11.1. The Hall–Kier alpha value is -2.49. The Morgan fingerprint density at radius 2 is 1.75 bits per heavy atom. The molecule has 1 heterocycles. The molecule has 0 saturated carbocycles. The molecule has 0 unspecified atom stereocenters. The van der Waals surface area contributed by atoms with E-state index in [9.17, 15) is 4.79 Å². The van der Waals surface area contributed by atoms with Crippen molar-refractivity contribution in [2.75, 3.05) is 56.6 Å². The van der Waals surface area contributed by atoms with E-state index in [1.165, 1.54) is 12.5 Å². The molecule has 1 amide bonds. The second-order valence-electron chi connectivity index (χ2n) is 7.51. The summed E-state index contributed by atoms with van der Waals surface area (Å²) in [6.07, 6.45) is 0.858. The SMILES string of the molecule is CCNC(=NCCc1ccc(NC(C)=O)cc1)N1CCN(c2ccccc2OC)CC1.I. The standard InChI is InChI=1S/C24H33N5O2.HI/c1-4-25-24(26-14-13-20-9-11-21(12-10-20)27-19(2)30)29-17-15-28(16-18-29)22-7-5-6-8-23(22)31-3;/h5-12H,4,13-18H2,1-3H3,(H,25,26)(H,27,30);1H. The van der Waals surface area contributed by atoms with Crippen molar-refractivity contribution in [3.63, 3.8) is 0 Å². The van der Waals surface area contributed by atoms with Gasteiger partial charge in [-0.25, -0.2) is 0 Å². The fraction of sp³-hybridized carbons (Fsp3) is 0.417. The second kappa shape index (κ2) is 13.1. The van der Waals surface area contributed by atoms with Gasteiger partial charge in [0.2, 0.25) is 5.91 Å². The van der Waals surface area contributed by atoms with Crippen LogP contribution in [0.2, 0.25) is 0 Å². The normalized spacial score (nSPS) is 13.9. The Balaban J connectivity index is 0.00000363. The van der Waals surface area contributed by atoms with Crippen LogP contribution in [0.25, 0.3) is 0 Å². The van der Waals surface area contributed by atoms with Crippen molar-refractivity contribution >= 4 is 47.2 Å². The fourth-order valence-corrected chi connectivity index (χ4v) is 3.72. The van der Waals surface area contributed by atoms with Gasteiger partial charge in [0.15, 0.2) is 5.96 Å². The molecular formula is C24H34IN5O2. The molecule has 0 spiro atoms. The summed E-state index contributed by atoms with van der Waals surface area (Å²) in [5.41, 5.74) is 3.17. The molecule has 1 fully saturated rings. The number of benzene rings is 2. The van der Waals surface area contributed by atoms with Crippen molar-refractivity contribution in [2.45, 2.75) is 20.3 Å². The van der Waals surface area contributed by atoms with E-state index in [1.54, 1.807) is 7.11 Å². The number of nitrogens with one attached hydrogen (secondary N) is 2. The third kappa shape index (κ3) is 7.29. The van der Waals surface area contributed by atoms with Crippen LogP contribution >= 0.6 is 24.0 Å². The molecule has 2 N–H and O–H groups in total. The van der Waals surface area contributed by atoms with Gasteiger partial charge in [-0.1, -0.05) is 24.3 Å². The molecule has 0 bridgehead atoms. The Morgan fingerprint density at radius 1 is 1.06 bits per heavy atom. The number of amides is 1. The lowest BCUT2D eigenvalue weighted by atomic mass is 10.1. The average molecular weight is 551 g/mol. The maximum atomic E-state index is 11.1. The smallest absolute Gasteiger partial charge is 0.221 e. The number of piperazine rings is 1. The molecule has 0 radical (unpaired) electrons. The van der Waals surface area contributed by atoms with E-state index >= 15 is 0 Å². The summed E-state index contributed by atoms with van der Waals surface area (Å²) in [5, 5.41) is 6.23. The molecule has 32 heavy (non-hydrogen) atoms. The van der Waals surface area contributed by atoms with Gasteiger partial charge in [-0.05, 0) is 43.2 Å². The Labute approximate surface area is 208 Å². The molecule has 0 aliphatic carbocycles. The third-order valence-electron chi connectivity index (χ3n) is 5.28. The minimum atomic E-state index is -0.0570. The minimum Gasteiger partial charge on any atom is -0.495 e. The Morgan fingerprint density at radius 3 is 2.38 bits per heavy atom. The molecule has 0 atom stereocenters. The zero-order valence-corrected chi connectivity index (χ0v) is 21.5. The number of halogens is 1. The highest BCUT2D eigenvalue weighted by Crippen LogP contribution is 2.28. The number of nitrogens with zero attached hydrogens (tertiary/aromatic N) is 3. The minimum absolute atomic E-state index is 0. The molecule has 2 aromatic carbocycles. The van der Waals surface area contributed by atoms with E-state index in [0.29, 0.717) is 6.54 Å². The van der Waals surface area contributed by atoms with Crippen LogP contribution in [0.15, 0.2) is 53.5 Å². The van der Waals surface area contributed by atoms with Crippen LogP contribution < -0.4 is 20.3 Å². The molecular weight excluding hydrogens is 517 g/mol. The van der Waals surface area contributed by atoms with E-state index in [4.69, 9.17) is 9.73 Å². The van der Waals surface area contributed by atoms with Gasteiger partial charge < -0.3 is 25.2 Å². The largest absolute Gasteiger partial charge is 0.495 e. The number of rotatable bonds is 7. The molecule has 7 nitrogen and oxygen atoms in total. The zero-order chi connectivity index (χ0) is 22.1. The summed E-state index contributed by atoms with van der Waals surface area (Å²) in [6.45, 7) is 8.85. The molecule has 1 saturated heterocycles. The van der Waals surface area contributed by atoms with Gasteiger partial charge in [-0.3, -0.25) is 9.79 Å². The lowest BCUT2D eigenvalue weighted by Crippen LogP contribution is -2.52. The number of hydrogen-bond donors (Lipinski definition) is 2. The van der Waals surface area contributed by atoms with Crippen molar-refractivity contribution < 1.29 is 9.53 Å². The van der Waals surface area contributed by atoms with Crippen LogP contribution in [0.3, 0.4) is 0 Å². The molecule has 1 aliphatic rings. The molecule has 174 valence electrons. The van der Waals surface area contributed by atoms with Crippen LogP contribution in [-0.4, -0.2) is 63.1 Å². The van der Waals surface area contributed by atoms with Crippen molar-refractivity contribution in [3.05, 3.63) is 54.1 Å². The number of anilines is 2. The Bertz CT molecular complexity index is 880. The summed E-state index contributed by atoms with van der Waals surface area (Å²) in [4.78, 5) is 20.7. The number of hydrogen-bond acceptors (Lipinski definition) is 4. The van der Waals surface area contributed by atoms with Gasteiger partial charge in [0.05, 0.1) is 12.8 Å². The summed E-state index contributed by atoms with van der Waals surface area (Å²) in [7, 11) is 1.72. The number of aliphatic imine (C=N–C) groups is 1. The van der Waals surface area contributed by atoms with Crippen LogP contribution in [0, 0.1) is 0 Å². The van der Waals surface area contributed by atoms with Gasteiger partial charge in [0.25, 0.3) is 0 Å². The number of para-hydroxylation sites is 2. The van der Waals surface area contributed by atoms with Crippen molar-refractivity contribution in [1.29, 1.82) is 0 Å². The highest BCUT2D eigenvalue weighted by molar-refractivity contribution is 14.0. The van der Waals surface area contributed by atoms with Gasteiger partial charge >= 0.3 is 0 Å². The summed E-state index contributed by atoms with van der Waals surface area (Å²) in [5.74, 6) is 1.83. The number of methoxy groups -OCH3 is 1. The summed E-state index contributed by atoms with van der Waals surface area (Å²) >= 11 is 0. The Kier molecular flexibility index (Phi) is 10.6. The maximum Gasteiger partial charge on any atom is 0.221 e.